The number of nitrogens with zero attached hydrogens (tertiary/aromatic N) is 3. The molecule has 0 unspecified atom stereocenters. The Kier molecular flexibility index (Phi) is 3.34. The zero-order chi connectivity index (χ0) is 13.2. The zero-order valence-corrected chi connectivity index (χ0v) is 11.6. The third-order valence-electron chi connectivity index (χ3n) is 3.54. The minimum absolute atomic E-state index is 0.736. The summed E-state index contributed by atoms with van der Waals surface area (Å²) in [5, 5.41) is 3.52. The van der Waals surface area contributed by atoms with Crippen LogP contribution < -0.4 is 5.32 Å². The van der Waals surface area contributed by atoms with Crippen molar-refractivity contribution in [3.63, 3.8) is 0 Å². The number of nitrogens with one attached hydrogen (secondary N) is 1. The highest BCUT2D eigenvalue weighted by Crippen LogP contribution is 2.20. The van der Waals surface area contributed by atoms with Gasteiger partial charge in [0.15, 0.2) is 0 Å². The number of aryl methyl sites for hydroxylation is 2. The second kappa shape index (κ2) is 5.13. The van der Waals surface area contributed by atoms with Crippen LogP contribution in [0, 0.1) is 6.92 Å². The fourth-order valence-corrected chi connectivity index (χ4v) is 2.31. The highest BCUT2D eigenvalue weighted by atomic mass is 15.1. The van der Waals surface area contributed by atoms with Crippen molar-refractivity contribution in [3.05, 3.63) is 41.6 Å². The van der Waals surface area contributed by atoms with Crippen molar-refractivity contribution in [1.82, 2.24) is 19.9 Å². The molecule has 1 saturated carbocycles. The summed E-state index contributed by atoms with van der Waals surface area (Å²) >= 11 is 0. The maximum atomic E-state index is 4.61. The molecule has 3 rings (SSSR count). The highest BCUT2D eigenvalue weighted by Gasteiger charge is 2.20. The van der Waals surface area contributed by atoms with Crippen LogP contribution >= 0.6 is 0 Å². The second-order valence-electron chi connectivity index (χ2n) is 5.21. The van der Waals surface area contributed by atoms with Gasteiger partial charge >= 0.3 is 0 Å². The molecule has 0 aromatic carbocycles. The minimum atomic E-state index is 0.736. The molecule has 19 heavy (non-hydrogen) atoms. The smallest absolute Gasteiger partial charge is 0.140 e. The Hall–Kier alpha value is -1.68. The molecule has 1 aliphatic rings. The van der Waals surface area contributed by atoms with E-state index in [2.05, 4.69) is 39.8 Å². The van der Waals surface area contributed by atoms with Crippen molar-refractivity contribution in [2.45, 2.75) is 45.7 Å². The first-order chi connectivity index (χ1) is 9.28. The van der Waals surface area contributed by atoms with Gasteiger partial charge in [0, 0.05) is 37.6 Å². The minimum Gasteiger partial charge on any atom is -0.310 e. The SMILES string of the molecule is CCc1nccn1-c1ncc(CNC2CC2)cc1C. The number of pyridine rings is 1. The molecule has 2 heterocycles. The van der Waals surface area contributed by atoms with E-state index in [0.717, 1.165) is 30.6 Å². The van der Waals surface area contributed by atoms with Gasteiger partial charge in [-0.3, -0.25) is 4.57 Å². The fourth-order valence-electron chi connectivity index (χ4n) is 2.31. The third kappa shape index (κ3) is 2.68. The van der Waals surface area contributed by atoms with Crippen molar-refractivity contribution in [2.24, 2.45) is 0 Å². The second-order valence-corrected chi connectivity index (χ2v) is 5.21. The van der Waals surface area contributed by atoms with Crippen LogP contribution in [0.1, 0.15) is 36.7 Å². The van der Waals surface area contributed by atoms with Crippen LogP contribution in [-0.2, 0) is 13.0 Å². The average molecular weight is 256 g/mol. The predicted octanol–water partition coefficient (Wildman–Crippen LogP) is 2.39. The largest absolute Gasteiger partial charge is 0.310 e. The molecule has 0 bridgehead atoms. The quantitative estimate of drug-likeness (QED) is 0.893. The highest BCUT2D eigenvalue weighted by molar-refractivity contribution is 5.36. The van der Waals surface area contributed by atoms with Crippen molar-refractivity contribution in [2.75, 3.05) is 0 Å². The van der Waals surface area contributed by atoms with Crippen LogP contribution in [0.5, 0.6) is 0 Å². The molecule has 1 fully saturated rings. The van der Waals surface area contributed by atoms with Crippen LogP contribution in [0.25, 0.3) is 5.82 Å². The monoisotopic (exact) mass is 256 g/mol. The standard InChI is InChI=1S/C15H20N4/c1-3-14-16-6-7-19(14)15-11(2)8-12(10-18-15)9-17-13-4-5-13/h6-8,10,13,17H,3-5,9H2,1-2H3. The lowest BCUT2D eigenvalue weighted by Crippen LogP contribution is -2.16. The maximum Gasteiger partial charge on any atom is 0.140 e. The lowest BCUT2D eigenvalue weighted by Gasteiger charge is -2.11. The summed E-state index contributed by atoms with van der Waals surface area (Å²) in [6.45, 7) is 5.15. The summed E-state index contributed by atoms with van der Waals surface area (Å²) in [6, 6.07) is 2.96. The van der Waals surface area contributed by atoms with Crippen LogP contribution in [0.15, 0.2) is 24.7 Å². The number of aromatic nitrogens is 3. The van der Waals surface area contributed by atoms with E-state index in [-0.39, 0.29) is 0 Å². The molecule has 1 N–H and O–H groups in total. The number of hydrogen-bond donors (Lipinski definition) is 1. The first-order valence-electron chi connectivity index (χ1n) is 6.99. The van der Waals surface area contributed by atoms with E-state index in [1.54, 1.807) is 0 Å². The van der Waals surface area contributed by atoms with Crippen molar-refractivity contribution in [1.29, 1.82) is 0 Å². The van der Waals surface area contributed by atoms with E-state index >= 15 is 0 Å². The van der Waals surface area contributed by atoms with Gasteiger partial charge in [0.05, 0.1) is 0 Å². The summed E-state index contributed by atoms with van der Waals surface area (Å²) in [7, 11) is 0. The Bertz CT molecular complexity index is 569. The van der Waals surface area contributed by atoms with E-state index < -0.39 is 0 Å². The summed E-state index contributed by atoms with van der Waals surface area (Å²) in [5.41, 5.74) is 2.45. The van der Waals surface area contributed by atoms with E-state index in [9.17, 15) is 0 Å². The molecular weight excluding hydrogens is 236 g/mol. The Morgan fingerprint density at radius 1 is 1.37 bits per heavy atom. The Morgan fingerprint density at radius 2 is 2.21 bits per heavy atom. The molecule has 0 amide bonds. The topological polar surface area (TPSA) is 42.7 Å². The molecule has 0 aliphatic heterocycles. The molecule has 4 nitrogen and oxygen atoms in total. The van der Waals surface area contributed by atoms with Crippen LogP contribution in [-0.4, -0.2) is 20.6 Å². The normalized spacial score (nSPS) is 14.8. The first kappa shape index (κ1) is 12.4. The number of rotatable bonds is 5. The molecular formula is C15H20N4. The van der Waals surface area contributed by atoms with Gasteiger partial charge in [0.2, 0.25) is 0 Å². The Morgan fingerprint density at radius 3 is 2.89 bits per heavy atom. The lowest BCUT2D eigenvalue weighted by molar-refractivity contribution is 0.684. The van der Waals surface area contributed by atoms with E-state index in [4.69, 9.17) is 0 Å². The lowest BCUT2D eigenvalue weighted by atomic mass is 10.2. The predicted molar refractivity (Wildman–Crippen MR) is 75.3 cm³/mol. The van der Waals surface area contributed by atoms with E-state index in [1.807, 2.05) is 18.6 Å². The summed E-state index contributed by atoms with van der Waals surface area (Å²) in [6.07, 6.45) is 9.34. The van der Waals surface area contributed by atoms with Crippen LogP contribution in [0.3, 0.4) is 0 Å². The van der Waals surface area contributed by atoms with Gasteiger partial charge in [-0.2, -0.15) is 0 Å². The van der Waals surface area contributed by atoms with Crippen molar-refractivity contribution >= 4 is 0 Å². The maximum absolute atomic E-state index is 4.61. The van der Waals surface area contributed by atoms with E-state index in [1.165, 1.54) is 24.0 Å². The van der Waals surface area contributed by atoms with Crippen molar-refractivity contribution < 1.29 is 0 Å². The van der Waals surface area contributed by atoms with Gasteiger partial charge in [-0.15, -0.1) is 0 Å². The van der Waals surface area contributed by atoms with Gasteiger partial charge < -0.3 is 5.32 Å². The summed E-state index contributed by atoms with van der Waals surface area (Å²) in [5.74, 6) is 2.05. The van der Waals surface area contributed by atoms with Gasteiger partial charge in [0.1, 0.15) is 11.6 Å². The molecule has 2 aromatic heterocycles. The van der Waals surface area contributed by atoms with Crippen LogP contribution in [0.2, 0.25) is 0 Å². The first-order valence-corrected chi connectivity index (χ1v) is 6.99. The molecule has 2 aromatic rings. The summed E-state index contributed by atoms with van der Waals surface area (Å²) < 4.78 is 2.08. The molecule has 0 spiro atoms. The zero-order valence-electron chi connectivity index (χ0n) is 11.6. The van der Waals surface area contributed by atoms with Gasteiger partial charge in [-0.1, -0.05) is 6.92 Å². The summed E-state index contributed by atoms with van der Waals surface area (Å²) in [4.78, 5) is 8.96. The molecule has 100 valence electrons. The fraction of sp³-hybridized carbons (Fsp3) is 0.467. The number of hydrogen-bond acceptors (Lipinski definition) is 3. The third-order valence-corrected chi connectivity index (χ3v) is 3.54. The molecule has 0 radical (unpaired) electrons. The molecule has 0 saturated heterocycles. The molecule has 1 aliphatic carbocycles. The van der Waals surface area contributed by atoms with Gasteiger partial charge in [0.25, 0.3) is 0 Å². The van der Waals surface area contributed by atoms with Crippen LogP contribution in [0.4, 0.5) is 0 Å². The average Bonchev–Trinajstić information content (AvgIpc) is 3.13. The van der Waals surface area contributed by atoms with Crippen molar-refractivity contribution in [3.8, 4) is 5.82 Å². The molecule has 0 atom stereocenters. The Balaban J connectivity index is 1.82. The van der Waals surface area contributed by atoms with Gasteiger partial charge in [-0.05, 0) is 37.0 Å². The van der Waals surface area contributed by atoms with E-state index in [0.29, 0.717) is 0 Å². The number of imidazole rings is 1. The Labute approximate surface area is 113 Å². The molecule has 4 heteroatoms. The van der Waals surface area contributed by atoms with Gasteiger partial charge in [-0.25, -0.2) is 9.97 Å².